The van der Waals surface area contributed by atoms with Crippen molar-refractivity contribution in [2.45, 2.75) is 6.18 Å². The maximum absolute atomic E-state index is 13.5. The molecule has 2 aromatic carbocycles. The fourth-order valence-corrected chi connectivity index (χ4v) is 3.30. The third-order valence-electron chi connectivity index (χ3n) is 4.32. The molecule has 7 nitrogen and oxygen atoms in total. The second-order valence-electron chi connectivity index (χ2n) is 6.07. The number of nitro groups is 2. The van der Waals surface area contributed by atoms with Crippen molar-refractivity contribution in [1.29, 1.82) is 0 Å². The van der Waals surface area contributed by atoms with Crippen LogP contribution in [0.2, 0.25) is 0 Å². The van der Waals surface area contributed by atoms with Crippen LogP contribution in [0.3, 0.4) is 0 Å². The topological polar surface area (TPSA) is 91.2 Å². The van der Waals surface area contributed by atoms with Gasteiger partial charge in [-0.1, -0.05) is 28.1 Å². The summed E-state index contributed by atoms with van der Waals surface area (Å²) in [5.41, 5.74) is -1.90. The van der Waals surface area contributed by atoms with Crippen LogP contribution in [0.4, 0.5) is 24.5 Å². The molecule has 0 saturated carbocycles. The zero-order valence-corrected chi connectivity index (χ0v) is 16.2. The molecule has 0 amide bonds. The summed E-state index contributed by atoms with van der Waals surface area (Å²) in [5.74, 6) is 0. The Balaban J connectivity index is 2.37. The van der Waals surface area contributed by atoms with Crippen molar-refractivity contribution in [2.75, 3.05) is 0 Å². The van der Waals surface area contributed by atoms with Gasteiger partial charge in [-0.2, -0.15) is 13.2 Å². The SMILES string of the molecule is Cn1c(C(F)(F)F)cc(-c2ccc(Br)cc2)c1-c1ccc([N+](=O)[O-])cc1[N+](=O)[O-]. The van der Waals surface area contributed by atoms with E-state index >= 15 is 0 Å². The standard InChI is InChI=1S/C18H11BrF3N3O4/c1-23-16(18(20,21)22)9-14(10-2-4-11(19)5-3-10)17(23)13-7-6-12(24(26)27)8-15(13)25(28)29/h2-9H,1H3. The molecule has 0 aliphatic rings. The van der Waals surface area contributed by atoms with E-state index in [1.807, 2.05) is 0 Å². The lowest BCUT2D eigenvalue weighted by atomic mass is 10.00. The highest BCUT2D eigenvalue weighted by atomic mass is 79.9. The van der Waals surface area contributed by atoms with Gasteiger partial charge in [-0.15, -0.1) is 0 Å². The normalized spacial score (nSPS) is 11.5. The molecular formula is C18H11BrF3N3O4. The molecule has 0 atom stereocenters. The van der Waals surface area contributed by atoms with Gasteiger partial charge in [0, 0.05) is 23.2 Å². The van der Waals surface area contributed by atoms with Crippen LogP contribution in [-0.2, 0) is 13.2 Å². The molecule has 150 valence electrons. The Morgan fingerprint density at radius 1 is 0.931 bits per heavy atom. The smallest absolute Gasteiger partial charge is 0.339 e. The summed E-state index contributed by atoms with van der Waals surface area (Å²) >= 11 is 3.25. The van der Waals surface area contributed by atoms with E-state index < -0.39 is 33.1 Å². The number of nitro benzene ring substituents is 2. The van der Waals surface area contributed by atoms with E-state index in [1.54, 1.807) is 24.3 Å². The second-order valence-corrected chi connectivity index (χ2v) is 6.99. The first-order valence-corrected chi connectivity index (χ1v) is 8.76. The quantitative estimate of drug-likeness (QED) is 0.348. The molecule has 0 radical (unpaired) electrons. The molecule has 1 heterocycles. The Bertz CT molecular complexity index is 1120. The Kier molecular flexibility index (Phi) is 5.18. The second kappa shape index (κ2) is 7.32. The lowest BCUT2D eigenvalue weighted by Crippen LogP contribution is -2.11. The zero-order valence-electron chi connectivity index (χ0n) is 14.6. The third-order valence-corrected chi connectivity index (χ3v) is 4.85. The van der Waals surface area contributed by atoms with Gasteiger partial charge in [0.25, 0.3) is 11.4 Å². The minimum absolute atomic E-state index is 0.0683. The van der Waals surface area contributed by atoms with E-state index in [9.17, 15) is 33.4 Å². The van der Waals surface area contributed by atoms with Gasteiger partial charge in [-0.25, -0.2) is 0 Å². The molecule has 3 aromatic rings. The van der Waals surface area contributed by atoms with Crippen LogP contribution in [0, 0.1) is 20.2 Å². The summed E-state index contributed by atoms with van der Waals surface area (Å²) in [6.07, 6.45) is -4.70. The molecule has 1 aromatic heterocycles. The Hall–Kier alpha value is -3.21. The van der Waals surface area contributed by atoms with Crippen molar-refractivity contribution in [2.24, 2.45) is 7.05 Å². The zero-order chi connectivity index (χ0) is 21.5. The number of hydrogen-bond donors (Lipinski definition) is 0. The van der Waals surface area contributed by atoms with Crippen molar-refractivity contribution in [3.63, 3.8) is 0 Å². The van der Waals surface area contributed by atoms with Crippen LogP contribution in [0.1, 0.15) is 5.69 Å². The van der Waals surface area contributed by atoms with Gasteiger partial charge >= 0.3 is 6.18 Å². The van der Waals surface area contributed by atoms with Crippen LogP contribution < -0.4 is 0 Å². The van der Waals surface area contributed by atoms with Crippen LogP contribution in [0.5, 0.6) is 0 Å². The van der Waals surface area contributed by atoms with Crippen LogP contribution in [0.25, 0.3) is 22.4 Å². The van der Waals surface area contributed by atoms with Gasteiger partial charge in [-0.3, -0.25) is 20.2 Å². The fourth-order valence-electron chi connectivity index (χ4n) is 3.04. The average molecular weight is 470 g/mol. The molecule has 0 bridgehead atoms. The van der Waals surface area contributed by atoms with E-state index in [0.717, 1.165) is 35.9 Å². The maximum atomic E-state index is 13.5. The van der Waals surface area contributed by atoms with Gasteiger partial charge in [0.05, 0.1) is 27.2 Å². The summed E-state index contributed by atoms with van der Waals surface area (Å²) in [7, 11) is 1.14. The first-order valence-electron chi connectivity index (χ1n) is 7.96. The van der Waals surface area contributed by atoms with Crippen molar-refractivity contribution in [1.82, 2.24) is 4.57 Å². The van der Waals surface area contributed by atoms with E-state index in [2.05, 4.69) is 15.9 Å². The predicted molar refractivity (Wildman–Crippen MR) is 102 cm³/mol. The molecule has 0 spiro atoms. The summed E-state index contributed by atoms with van der Waals surface area (Å²) in [4.78, 5) is 20.8. The highest BCUT2D eigenvalue weighted by molar-refractivity contribution is 9.10. The number of non-ortho nitro benzene ring substituents is 1. The van der Waals surface area contributed by atoms with Crippen molar-refractivity contribution >= 4 is 27.3 Å². The van der Waals surface area contributed by atoms with E-state index in [0.29, 0.717) is 10.0 Å². The number of nitrogens with zero attached hydrogens (tertiary/aromatic N) is 3. The lowest BCUT2D eigenvalue weighted by Gasteiger charge is -2.12. The number of alkyl halides is 3. The Morgan fingerprint density at radius 2 is 1.55 bits per heavy atom. The van der Waals surface area contributed by atoms with Crippen LogP contribution >= 0.6 is 15.9 Å². The predicted octanol–water partition coefficient (Wildman–Crippen LogP) is 5.96. The summed E-state index contributed by atoms with van der Waals surface area (Å²) in [5, 5.41) is 22.5. The Morgan fingerprint density at radius 3 is 2.07 bits per heavy atom. The molecule has 0 unspecified atom stereocenters. The number of halogens is 4. The average Bonchev–Trinajstić information content (AvgIpc) is 2.99. The molecule has 3 rings (SSSR count). The Labute approximate surface area is 169 Å². The van der Waals surface area contributed by atoms with Gasteiger partial charge in [0.1, 0.15) is 5.69 Å². The van der Waals surface area contributed by atoms with E-state index in [1.165, 1.54) is 0 Å². The van der Waals surface area contributed by atoms with Gasteiger partial charge in [0.15, 0.2) is 0 Å². The molecule has 0 aliphatic carbocycles. The molecule has 29 heavy (non-hydrogen) atoms. The largest absolute Gasteiger partial charge is 0.431 e. The van der Waals surface area contributed by atoms with Crippen molar-refractivity contribution in [3.05, 3.63) is 78.9 Å². The van der Waals surface area contributed by atoms with Crippen molar-refractivity contribution in [3.8, 4) is 22.4 Å². The first kappa shape index (κ1) is 20.5. The lowest BCUT2D eigenvalue weighted by molar-refractivity contribution is -0.393. The molecule has 0 aliphatic heterocycles. The van der Waals surface area contributed by atoms with Crippen LogP contribution in [0.15, 0.2) is 53.0 Å². The number of rotatable bonds is 4. The highest BCUT2D eigenvalue weighted by Crippen LogP contribution is 2.44. The summed E-state index contributed by atoms with van der Waals surface area (Å²) in [6, 6.07) is 10.2. The minimum Gasteiger partial charge on any atom is -0.339 e. The van der Waals surface area contributed by atoms with E-state index in [4.69, 9.17) is 0 Å². The molecular weight excluding hydrogens is 459 g/mol. The number of hydrogen-bond acceptors (Lipinski definition) is 4. The van der Waals surface area contributed by atoms with Gasteiger partial charge in [0.2, 0.25) is 0 Å². The van der Waals surface area contributed by atoms with Gasteiger partial charge < -0.3 is 4.57 Å². The van der Waals surface area contributed by atoms with Crippen LogP contribution in [-0.4, -0.2) is 14.4 Å². The number of aromatic nitrogens is 1. The molecule has 0 fully saturated rings. The number of benzene rings is 2. The summed E-state index contributed by atoms with van der Waals surface area (Å²) in [6.45, 7) is 0. The van der Waals surface area contributed by atoms with Crippen molar-refractivity contribution < 1.29 is 23.0 Å². The minimum atomic E-state index is -4.70. The molecule has 0 N–H and O–H groups in total. The molecule has 11 heteroatoms. The van der Waals surface area contributed by atoms with Gasteiger partial charge in [-0.05, 0) is 29.8 Å². The maximum Gasteiger partial charge on any atom is 0.431 e. The van der Waals surface area contributed by atoms with E-state index in [-0.39, 0.29) is 16.8 Å². The highest BCUT2D eigenvalue weighted by Gasteiger charge is 2.37. The fraction of sp³-hybridized carbons (Fsp3) is 0.111. The first-order chi connectivity index (χ1) is 13.5. The monoisotopic (exact) mass is 469 g/mol. The molecule has 0 saturated heterocycles. The third kappa shape index (κ3) is 3.86. The summed E-state index contributed by atoms with van der Waals surface area (Å²) < 4.78 is 42.1.